The number of benzene rings is 1. The van der Waals surface area contributed by atoms with E-state index in [0.29, 0.717) is 0 Å². The molecule has 0 amide bonds. The highest BCUT2D eigenvalue weighted by molar-refractivity contribution is 5.54. The highest BCUT2D eigenvalue weighted by Gasteiger charge is 2.26. The van der Waals surface area contributed by atoms with E-state index in [4.69, 9.17) is 0 Å². The highest BCUT2D eigenvalue weighted by Crippen LogP contribution is 2.32. The van der Waals surface area contributed by atoms with Gasteiger partial charge in [0.2, 0.25) is 0 Å². The van der Waals surface area contributed by atoms with Crippen LogP contribution in [0.4, 0.5) is 0 Å². The largest absolute Gasteiger partial charge is 0.386 e. The van der Waals surface area contributed by atoms with Crippen LogP contribution in [0.2, 0.25) is 0 Å². The third kappa shape index (κ3) is 2.73. The second kappa shape index (κ2) is 4.84. The fourth-order valence-electron chi connectivity index (χ4n) is 2.37. The van der Waals surface area contributed by atoms with Gasteiger partial charge in [-0.15, -0.1) is 0 Å². The quantitative estimate of drug-likeness (QED) is 0.708. The predicted molar refractivity (Wildman–Crippen MR) is 68.1 cm³/mol. The van der Waals surface area contributed by atoms with Crippen LogP contribution in [0, 0.1) is 0 Å². The fraction of sp³-hybridized carbons (Fsp3) is 0.467. The molecule has 1 aromatic rings. The maximum absolute atomic E-state index is 10.4. The zero-order valence-electron chi connectivity index (χ0n) is 9.95. The Morgan fingerprint density at radius 2 is 1.88 bits per heavy atom. The Labute approximate surface area is 97.8 Å². The molecule has 1 atom stereocenters. The maximum Gasteiger partial charge on any atom is 0.0832 e. The van der Waals surface area contributed by atoms with Gasteiger partial charge in [-0.3, -0.25) is 0 Å². The summed E-state index contributed by atoms with van der Waals surface area (Å²) in [6, 6.07) is 10.3. The van der Waals surface area contributed by atoms with Crippen molar-refractivity contribution in [3.63, 3.8) is 0 Å². The molecule has 1 heteroatoms. The second-order valence-electron chi connectivity index (χ2n) is 4.91. The molecule has 1 aromatic carbocycles. The van der Waals surface area contributed by atoms with Crippen molar-refractivity contribution in [2.75, 3.05) is 0 Å². The van der Waals surface area contributed by atoms with Gasteiger partial charge in [0, 0.05) is 0 Å². The van der Waals surface area contributed by atoms with E-state index in [1.807, 2.05) is 25.1 Å². The fourth-order valence-corrected chi connectivity index (χ4v) is 2.37. The van der Waals surface area contributed by atoms with E-state index in [0.717, 1.165) is 19.3 Å². The van der Waals surface area contributed by atoms with E-state index in [1.54, 1.807) is 0 Å². The number of hydrogen-bond donors (Lipinski definition) is 1. The highest BCUT2D eigenvalue weighted by atomic mass is 16.3. The van der Waals surface area contributed by atoms with Gasteiger partial charge in [0.1, 0.15) is 0 Å². The lowest BCUT2D eigenvalue weighted by Crippen LogP contribution is -2.25. The first-order chi connectivity index (χ1) is 7.68. The summed E-state index contributed by atoms with van der Waals surface area (Å²) in [6.07, 6.45) is 7.66. The third-order valence-electron chi connectivity index (χ3n) is 3.44. The van der Waals surface area contributed by atoms with E-state index in [9.17, 15) is 5.11 Å². The molecule has 1 aliphatic carbocycles. The van der Waals surface area contributed by atoms with Gasteiger partial charge >= 0.3 is 0 Å². The van der Waals surface area contributed by atoms with Crippen LogP contribution in [0.1, 0.15) is 44.6 Å². The van der Waals surface area contributed by atoms with E-state index in [1.165, 1.54) is 24.0 Å². The summed E-state index contributed by atoms with van der Waals surface area (Å²) >= 11 is 0. The van der Waals surface area contributed by atoms with E-state index in [2.05, 4.69) is 18.2 Å². The van der Waals surface area contributed by atoms with Crippen molar-refractivity contribution < 1.29 is 5.11 Å². The Bertz CT molecular complexity index is 362. The summed E-state index contributed by atoms with van der Waals surface area (Å²) in [5.41, 5.74) is 1.78. The standard InChI is InChI=1S/C15H20O/c1-15(16)11-7-3-6-10-14(15)12-13-8-4-2-5-9-13/h2,4-5,8-9,12,16H,3,6-7,10-11H2,1H3/b14-12+. The van der Waals surface area contributed by atoms with Gasteiger partial charge in [-0.05, 0) is 37.3 Å². The molecule has 0 aromatic heterocycles. The Kier molecular flexibility index (Phi) is 3.45. The van der Waals surface area contributed by atoms with Gasteiger partial charge in [-0.2, -0.15) is 0 Å². The van der Waals surface area contributed by atoms with Crippen LogP contribution in [-0.4, -0.2) is 10.7 Å². The van der Waals surface area contributed by atoms with Gasteiger partial charge in [0.05, 0.1) is 5.60 Å². The molecule has 0 spiro atoms. The van der Waals surface area contributed by atoms with Crippen LogP contribution in [0.3, 0.4) is 0 Å². The molecule has 1 fully saturated rings. The number of aliphatic hydroxyl groups is 1. The third-order valence-corrected chi connectivity index (χ3v) is 3.44. The summed E-state index contributed by atoms with van der Waals surface area (Å²) in [7, 11) is 0. The van der Waals surface area contributed by atoms with E-state index >= 15 is 0 Å². The molecule has 0 aliphatic heterocycles. The van der Waals surface area contributed by atoms with Gasteiger partial charge in [0.15, 0.2) is 0 Å². The van der Waals surface area contributed by atoms with Gasteiger partial charge in [-0.25, -0.2) is 0 Å². The van der Waals surface area contributed by atoms with Crippen molar-refractivity contribution in [2.24, 2.45) is 0 Å². The first-order valence-corrected chi connectivity index (χ1v) is 6.17. The Morgan fingerprint density at radius 1 is 1.12 bits per heavy atom. The van der Waals surface area contributed by atoms with Crippen molar-refractivity contribution in [1.29, 1.82) is 0 Å². The Hall–Kier alpha value is -1.08. The van der Waals surface area contributed by atoms with Gasteiger partial charge < -0.3 is 5.11 Å². The summed E-state index contributed by atoms with van der Waals surface area (Å²) in [5.74, 6) is 0. The monoisotopic (exact) mass is 216 g/mol. The molecule has 0 bridgehead atoms. The summed E-state index contributed by atoms with van der Waals surface area (Å²) in [6.45, 7) is 1.95. The molecule has 0 heterocycles. The second-order valence-corrected chi connectivity index (χ2v) is 4.91. The normalized spacial score (nSPS) is 29.0. The van der Waals surface area contributed by atoms with Gasteiger partial charge in [0.25, 0.3) is 0 Å². The summed E-state index contributed by atoms with van der Waals surface area (Å²) in [5, 5.41) is 10.4. The van der Waals surface area contributed by atoms with Crippen molar-refractivity contribution in [3.8, 4) is 0 Å². The van der Waals surface area contributed by atoms with Crippen molar-refractivity contribution in [3.05, 3.63) is 41.5 Å². The maximum atomic E-state index is 10.4. The van der Waals surface area contributed by atoms with Crippen molar-refractivity contribution in [1.82, 2.24) is 0 Å². The van der Waals surface area contributed by atoms with Crippen LogP contribution in [0.25, 0.3) is 6.08 Å². The topological polar surface area (TPSA) is 20.2 Å². The van der Waals surface area contributed by atoms with E-state index in [-0.39, 0.29) is 0 Å². The minimum atomic E-state index is -0.605. The van der Waals surface area contributed by atoms with Crippen LogP contribution in [-0.2, 0) is 0 Å². The van der Waals surface area contributed by atoms with Crippen LogP contribution < -0.4 is 0 Å². The first-order valence-electron chi connectivity index (χ1n) is 6.17. The summed E-state index contributed by atoms with van der Waals surface area (Å²) in [4.78, 5) is 0. The van der Waals surface area contributed by atoms with Crippen molar-refractivity contribution >= 4 is 6.08 Å². The zero-order valence-corrected chi connectivity index (χ0v) is 9.95. The Morgan fingerprint density at radius 3 is 2.62 bits per heavy atom. The first kappa shape index (κ1) is 11.4. The predicted octanol–water partition coefficient (Wildman–Crippen LogP) is 3.79. The molecule has 0 saturated heterocycles. The minimum Gasteiger partial charge on any atom is -0.386 e. The van der Waals surface area contributed by atoms with Gasteiger partial charge in [-0.1, -0.05) is 49.2 Å². The molecule has 1 nitrogen and oxygen atoms in total. The molecule has 1 unspecified atom stereocenters. The molecule has 0 radical (unpaired) electrons. The average molecular weight is 216 g/mol. The molecule has 86 valence electrons. The molecule has 16 heavy (non-hydrogen) atoms. The molecule has 1 saturated carbocycles. The zero-order chi connectivity index (χ0) is 11.4. The molecular weight excluding hydrogens is 196 g/mol. The summed E-state index contributed by atoms with van der Waals surface area (Å²) < 4.78 is 0. The SMILES string of the molecule is CC1(O)CCCCC/C1=C\c1ccccc1. The lowest BCUT2D eigenvalue weighted by molar-refractivity contribution is 0.0891. The van der Waals surface area contributed by atoms with Crippen LogP contribution in [0.15, 0.2) is 35.9 Å². The Balaban J connectivity index is 2.26. The van der Waals surface area contributed by atoms with E-state index < -0.39 is 5.60 Å². The average Bonchev–Trinajstić information content (AvgIpc) is 2.43. The molecule has 1 aliphatic rings. The number of hydrogen-bond acceptors (Lipinski definition) is 1. The lowest BCUT2D eigenvalue weighted by Gasteiger charge is -2.24. The smallest absolute Gasteiger partial charge is 0.0832 e. The number of rotatable bonds is 1. The van der Waals surface area contributed by atoms with Crippen LogP contribution in [0.5, 0.6) is 0 Å². The van der Waals surface area contributed by atoms with Crippen LogP contribution >= 0.6 is 0 Å². The molecular formula is C15H20O. The minimum absolute atomic E-state index is 0.605. The lowest BCUT2D eigenvalue weighted by atomic mass is 9.89. The molecule has 2 rings (SSSR count). The molecule has 1 N–H and O–H groups in total. The van der Waals surface area contributed by atoms with Crippen molar-refractivity contribution in [2.45, 2.75) is 44.6 Å².